The second-order valence-corrected chi connectivity index (χ2v) is 5.82. The molecule has 1 aromatic rings. The minimum absolute atomic E-state index is 0.114. The molecule has 2 heterocycles. The van der Waals surface area contributed by atoms with Gasteiger partial charge in [-0.15, -0.1) is 23.1 Å². The predicted molar refractivity (Wildman–Crippen MR) is 68.0 cm³/mol. The summed E-state index contributed by atoms with van der Waals surface area (Å²) in [6, 6.07) is 1.60. The maximum absolute atomic E-state index is 11.3. The fourth-order valence-corrected chi connectivity index (χ4v) is 3.44. The molecule has 1 aliphatic heterocycles. The number of aromatic carboxylic acids is 1. The summed E-state index contributed by atoms with van der Waals surface area (Å²) < 4.78 is 0. The first-order valence-electron chi connectivity index (χ1n) is 5.36. The van der Waals surface area contributed by atoms with E-state index in [2.05, 4.69) is 0 Å². The highest BCUT2D eigenvalue weighted by Crippen LogP contribution is 2.25. The van der Waals surface area contributed by atoms with Crippen LogP contribution < -0.4 is 0 Å². The molecule has 96 valence electrons. The number of thiophene rings is 1. The number of rotatable bonds is 5. The number of hydrogen-bond donors (Lipinski definition) is 1. The summed E-state index contributed by atoms with van der Waals surface area (Å²) in [6.45, 7) is 0.389. The Morgan fingerprint density at radius 3 is 2.61 bits per heavy atom. The molecule has 1 fully saturated rings. The molecule has 0 aliphatic carbocycles. The van der Waals surface area contributed by atoms with Crippen LogP contribution in [0.15, 0.2) is 16.3 Å². The Bertz CT molecular complexity index is 481. The van der Waals surface area contributed by atoms with Crippen LogP contribution in [0.3, 0.4) is 0 Å². The summed E-state index contributed by atoms with van der Waals surface area (Å²) in [6.07, 6.45) is 0.621. The molecule has 1 N–H and O–H groups in total. The van der Waals surface area contributed by atoms with Crippen LogP contribution in [0.1, 0.15) is 22.5 Å². The van der Waals surface area contributed by atoms with Gasteiger partial charge in [0.1, 0.15) is 4.88 Å². The number of likely N-dealkylation sites (tertiary alicyclic amines) is 1. The standard InChI is InChI=1S/C11H11NO4S2/c13-9-1-2-10(14)12(9)3-4-17-7-5-8(11(15)16)18-6-7/h5-6H,1-4H2,(H,15,16). The lowest BCUT2D eigenvalue weighted by molar-refractivity contribution is -0.137. The van der Waals surface area contributed by atoms with E-state index in [0.717, 1.165) is 4.90 Å². The third-order valence-corrected chi connectivity index (χ3v) is 4.55. The molecule has 2 amide bonds. The molecule has 0 bridgehead atoms. The second-order valence-electron chi connectivity index (χ2n) is 3.74. The van der Waals surface area contributed by atoms with Crippen LogP contribution in [0.25, 0.3) is 0 Å². The minimum Gasteiger partial charge on any atom is -0.477 e. The Labute approximate surface area is 112 Å². The van der Waals surface area contributed by atoms with Crippen LogP contribution in [0.4, 0.5) is 0 Å². The number of nitrogens with zero attached hydrogens (tertiary/aromatic N) is 1. The third-order valence-electron chi connectivity index (χ3n) is 2.52. The molecule has 0 atom stereocenters. The lowest BCUT2D eigenvalue weighted by Gasteiger charge is -2.12. The zero-order valence-corrected chi connectivity index (χ0v) is 11.1. The van der Waals surface area contributed by atoms with Gasteiger partial charge >= 0.3 is 5.97 Å². The first-order valence-corrected chi connectivity index (χ1v) is 7.22. The van der Waals surface area contributed by atoms with Crippen molar-refractivity contribution in [2.45, 2.75) is 17.7 Å². The van der Waals surface area contributed by atoms with E-state index in [-0.39, 0.29) is 11.8 Å². The number of amides is 2. The number of carboxylic acid groups (broad SMARTS) is 1. The molecule has 1 aliphatic rings. The summed E-state index contributed by atoms with van der Waals surface area (Å²) in [5.74, 6) is -0.571. The Kier molecular flexibility index (Phi) is 4.03. The lowest BCUT2D eigenvalue weighted by atomic mass is 10.4. The van der Waals surface area contributed by atoms with Crippen LogP contribution in [0, 0.1) is 0 Å². The highest BCUT2D eigenvalue weighted by molar-refractivity contribution is 7.99. The third kappa shape index (κ3) is 2.91. The van der Waals surface area contributed by atoms with E-state index in [1.807, 2.05) is 0 Å². The van der Waals surface area contributed by atoms with Crippen molar-refractivity contribution in [1.29, 1.82) is 0 Å². The molecule has 7 heteroatoms. The molecule has 0 saturated carbocycles. The summed E-state index contributed by atoms with van der Waals surface area (Å²) in [5, 5.41) is 10.5. The Hall–Kier alpha value is -1.34. The number of thioether (sulfide) groups is 1. The second kappa shape index (κ2) is 5.53. The van der Waals surface area contributed by atoms with Crippen molar-refractivity contribution in [3.8, 4) is 0 Å². The van der Waals surface area contributed by atoms with E-state index in [4.69, 9.17) is 5.11 Å². The normalized spacial score (nSPS) is 15.4. The predicted octanol–water partition coefficient (Wildman–Crippen LogP) is 1.69. The van der Waals surface area contributed by atoms with Gasteiger partial charge < -0.3 is 5.11 Å². The van der Waals surface area contributed by atoms with Crippen molar-refractivity contribution in [3.63, 3.8) is 0 Å². The summed E-state index contributed by atoms with van der Waals surface area (Å²) in [7, 11) is 0. The molecule has 0 aromatic carbocycles. The van der Waals surface area contributed by atoms with Gasteiger partial charge in [-0.3, -0.25) is 14.5 Å². The molecular weight excluding hydrogens is 274 g/mol. The Morgan fingerprint density at radius 2 is 2.06 bits per heavy atom. The van der Waals surface area contributed by atoms with Crippen LogP contribution in [0.2, 0.25) is 0 Å². The van der Waals surface area contributed by atoms with E-state index in [1.54, 1.807) is 11.4 Å². The number of hydrogen-bond acceptors (Lipinski definition) is 5. The van der Waals surface area contributed by atoms with E-state index in [0.29, 0.717) is 30.0 Å². The maximum Gasteiger partial charge on any atom is 0.345 e. The average molecular weight is 285 g/mol. The van der Waals surface area contributed by atoms with Gasteiger partial charge in [0.25, 0.3) is 0 Å². The molecule has 18 heavy (non-hydrogen) atoms. The number of carbonyl (C=O) groups is 3. The largest absolute Gasteiger partial charge is 0.477 e. The van der Waals surface area contributed by atoms with Crippen molar-refractivity contribution in [2.75, 3.05) is 12.3 Å². The van der Waals surface area contributed by atoms with Crippen LogP contribution in [-0.4, -0.2) is 40.1 Å². The van der Waals surface area contributed by atoms with Gasteiger partial charge in [-0.25, -0.2) is 4.79 Å². The first-order chi connectivity index (χ1) is 8.58. The fourth-order valence-electron chi connectivity index (χ4n) is 1.63. The molecule has 1 aromatic heterocycles. The maximum atomic E-state index is 11.3. The molecule has 1 saturated heterocycles. The summed E-state index contributed by atoms with van der Waals surface area (Å²) >= 11 is 2.62. The fraction of sp³-hybridized carbons (Fsp3) is 0.364. The zero-order chi connectivity index (χ0) is 13.1. The quantitative estimate of drug-likeness (QED) is 0.658. The van der Waals surface area contributed by atoms with E-state index < -0.39 is 5.97 Å². The molecular formula is C11H11NO4S2. The smallest absolute Gasteiger partial charge is 0.345 e. The highest BCUT2D eigenvalue weighted by Gasteiger charge is 2.28. The molecule has 0 unspecified atom stereocenters. The van der Waals surface area contributed by atoms with Crippen molar-refractivity contribution in [3.05, 3.63) is 16.3 Å². The first kappa shape index (κ1) is 13.1. The van der Waals surface area contributed by atoms with Gasteiger partial charge in [0.05, 0.1) is 0 Å². The van der Waals surface area contributed by atoms with E-state index >= 15 is 0 Å². The van der Waals surface area contributed by atoms with Crippen molar-refractivity contribution >= 4 is 40.9 Å². The van der Waals surface area contributed by atoms with Crippen molar-refractivity contribution < 1.29 is 19.5 Å². The number of carboxylic acids is 1. The summed E-state index contributed by atoms with van der Waals surface area (Å²) in [5.41, 5.74) is 0. The highest BCUT2D eigenvalue weighted by atomic mass is 32.2. The van der Waals surface area contributed by atoms with Crippen molar-refractivity contribution in [1.82, 2.24) is 4.90 Å². The lowest BCUT2D eigenvalue weighted by Crippen LogP contribution is -2.31. The topological polar surface area (TPSA) is 74.7 Å². The summed E-state index contributed by atoms with van der Waals surface area (Å²) in [4.78, 5) is 35.8. The van der Waals surface area contributed by atoms with Gasteiger partial charge in [0.2, 0.25) is 11.8 Å². The molecule has 5 nitrogen and oxygen atoms in total. The van der Waals surface area contributed by atoms with Crippen LogP contribution in [0.5, 0.6) is 0 Å². The zero-order valence-electron chi connectivity index (χ0n) is 9.42. The number of imide groups is 1. The van der Waals surface area contributed by atoms with Gasteiger partial charge in [-0.1, -0.05) is 0 Å². The van der Waals surface area contributed by atoms with E-state index in [1.165, 1.54) is 28.0 Å². The van der Waals surface area contributed by atoms with Crippen LogP contribution in [-0.2, 0) is 9.59 Å². The van der Waals surface area contributed by atoms with Gasteiger partial charge in [-0.2, -0.15) is 0 Å². The minimum atomic E-state index is -0.934. The van der Waals surface area contributed by atoms with Crippen LogP contribution >= 0.6 is 23.1 Å². The van der Waals surface area contributed by atoms with Gasteiger partial charge in [-0.05, 0) is 6.07 Å². The number of carbonyl (C=O) groups excluding carboxylic acids is 2. The Balaban J connectivity index is 1.83. The van der Waals surface area contributed by atoms with Crippen molar-refractivity contribution in [2.24, 2.45) is 0 Å². The van der Waals surface area contributed by atoms with Gasteiger partial charge in [0.15, 0.2) is 0 Å². The SMILES string of the molecule is O=C(O)c1cc(SCCN2C(=O)CCC2=O)cs1. The average Bonchev–Trinajstić information content (AvgIpc) is 2.90. The van der Waals surface area contributed by atoms with E-state index in [9.17, 15) is 14.4 Å². The Morgan fingerprint density at radius 1 is 1.39 bits per heavy atom. The molecule has 0 spiro atoms. The monoisotopic (exact) mass is 285 g/mol. The van der Waals surface area contributed by atoms with Gasteiger partial charge in [0, 0.05) is 35.4 Å². The molecule has 0 radical (unpaired) electrons. The molecule has 2 rings (SSSR count).